The van der Waals surface area contributed by atoms with E-state index >= 15 is 0 Å². The molecule has 3 heteroatoms. The summed E-state index contributed by atoms with van der Waals surface area (Å²) in [5.74, 6) is 0. The normalized spacial score (nSPS) is 10.5. The molecular formula is C14H16N2O. The summed E-state index contributed by atoms with van der Waals surface area (Å²) in [4.78, 5) is 11.4. The van der Waals surface area contributed by atoms with E-state index < -0.39 is 0 Å². The van der Waals surface area contributed by atoms with Gasteiger partial charge in [-0.3, -0.25) is 4.79 Å². The number of benzene rings is 1. The van der Waals surface area contributed by atoms with Crippen molar-refractivity contribution in [1.82, 2.24) is 4.57 Å². The second-order valence-electron chi connectivity index (χ2n) is 4.35. The number of nitrogens with zero attached hydrogens (tertiary/aromatic N) is 1. The highest BCUT2D eigenvalue weighted by atomic mass is 16.1. The van der Waals surface area contributed by atoms with E-state index in [0.29, 0.717) is 0 Å². The molecule has 88 valence electrons. The fourth-order valence-electron chi connectivity index (χ4n) is 2.07. The molecule has 0 spiro atoms. The fraction of sp³-hybridized carbons (Fsp3) is 0.214. The van der Waals surface area contributed by atoms with Gasteiger partial charge in [0.05, 0.1) is 0 Å². The number of aryl methyl sites for hydroxylation is 3. The van der Waals surface area contributed by atoms with Gasteiger partial charge in [0.2, 0.25) is 0 Å². The monoisotopic (exact) mass is 228 g/mol. The Balaban J connectivity index is 2.68. The molecule has 1 aromatic heterocycles. The molecule has 0 aliphatic heterocycles. The topological polar surface area (TPSA) is 48.0 Å². The molecule has 0 amide bonds. The zero-order valence-electron chi connectivity index (χ0n) is 10.3. The van der Waals surface area contributed by atoms with Crippen molar-refractivity contribution in [1.29, 1.82) is 0 Å². The summed E-state index contributed by atoms with van der Waals surface area (Å²) in [6.45, 7) is 5.84. The van der Waals surface area contributed by atoms with Gasteiger partial charge in [-0.2, -0.15) is 0 Å². The van der Waals surface area contributed by atoms with Crippen LogP contribution in [0.15, 0.2) is 35.1 Å². The van der Waals surface area contributed by atoms with Crippen molar-refractivity contribution in [2.45, 2.75) is 20.8 Å². The Morgan fingerprint density at radius 3 is 2.12 bits per heavy atom. The molecule has 2 rings (SSSR count). The van der Waals surface area contributed by atoms with E-state index in [-0.39, 0.29) is 5.43 Å². The molecule has 0 bridgehead atoms. The summed E-state index contributed by atoms with van der Waals surface area (Å²) in [6, 6.07) is 9.16. The van der Waals surface area contributed by atoms with E-state index in [1.165, 1.54) is 0 Å². The third-order valence-corrected chi connectivity index (χ3v) is 2.92. The third kappa shape index (κ3) is 2.09. The zero-order valence-corrected chi connectivity index (χ0v) is 10.3. The Morgan fingerprint density at radius 2 is 1.59 bits per heavy atom. The molecule has 0 atom stereocenters. The van der Waals surface area contributed by atoms with Crippen molar-refractivity contribution >= 4 is 5.69 Å². The van der Waals surface area contributed by atoms with Crippen LogP contribution >= 0.6 is 0 Å². The highest BCUT2D eigenvalue weighted by Crippen LogP contribution is 2.18. The zero-order chi connectivity index (χ0) is 12.6. The van der Waals surface area contributed by atoms with Crippen molar-refractivity contribution in [3.05, 3.63) is 57.5 Å². The Morgan fingerprint density at radius 1 is 1.00 bits per heavy atom. The van der Waals surface area contributed by atoms with Gasteiger partial charge in [-0.1, -0.05) is 0 Å². The number of nitrogens with two attached hydrogens (primary N) is 1. The summed E-state index contributed by atoms with van der Waals surface area (Å²) < 4.78 is 2.05. The van der Waals surface area contributed by atoms with Gasteiger partial charge in [-0.15, -0.1) is 0 Å². The summed E-state index contributed by atoms with van der Waals surface area (Å²) >= 11 is 0. The molecule has 0 aliphatic rings. The predicted octanol–water partition coefficient (Wildman–Crippen LogP) is 2.34. The van der Waals surface area contributed by atoms with Gasteiger partial charge in [-0.25, -0.2) is 0 Å². The maximum atomic E-state index is 11.4. The summed E-state index contributed by atoms with van der Waals surface area (Å²) in [6.07, 6.45) is 0. The van der Waals surface area contributed by atoms with Crippen molar-refractivity contribution in [2.75, 3.05) is 5.73 Å². The molecule has 0 saturated heterocycles. The van der Waals surface area contributed by atoms with E-state index in [9.17, 15) is 4.79 Å². The van der Waals surface area contributed by atoms with Gasteiger partial charge in [0.25, 0.3) is 0 Å². The Kier molecular flexibility index (Phi) is 2.76. The largest absolute Gasteiger partial charge is 0.399 e. The molecule has 1 heterocycles. The van der Waals surface area contributed by atoms with E-state index in [1.54, 1.807) is 12.1 Å². The minimum Gasteiger partial charge on any atom is -0.399 e. The maximum Gasteiger partial charge on any atom is 0.182 e. The number of pyridine rings is 1. The number of rotatable bonds is 1. The first-order valence-corrected chi connectivity index (χ1v) is 5.56. The molecule has 1 aromatic carbocycles. The first kappa shape index (κ1) is 11.5. The van der Waals surface area contributed by atoms with Crippen LogP contribution in [0.1, 0.15) is 17.0 Å². The van der Waals surface area contributed by atoms with Crippen molar-refractivity contribution in [3.63, 3.8) is 0 Å². The average molecular weight is 228 g/mol. The SMILES string of the molecule is Cc1cc(-n2c(C)cc(=O)cc2C)ccc1N. The van der Waals surface area contributed by atoms with E-state index in [1.807, 2.05) is 43.5 Å². The minimum atomic E-state index is 0.0448. The van der Waals surface area contributed by atoms with E-state index in [2.05, 4.69) is 0 Å². The van der Waals surface area contributed by atoms with Crippen LogP contribution in [0.4, 0.5) is 5.69 Å². The lowest BCUT2D eigenvalue weighted by molar-refractivity contribution is 0.921. The van der Waals surface area contributed by atoms with Gasteiger partial charge in [0, 0.05) is 34.9 Å². The van der Waals surface area contributed by atoms with Crippen molar-refractivity contribution < 1.29 is 0 Å². The van der Waals surface area contributed by atoms with Crippen molar-refractivity contribution in [2.24, 2.45) is 0 Å². The highest BCUT2D eigenvalue weighted by molar-refractivity contribution is 5.52. The molecular weight excluding hydrogens is 212 g/mol. The van der Waals surface area contributed by atoms with Crippen LogP contribution in [0, 0.1) is 20.8 Å². The number of nitrogen functional groups attached to an aromatic ring is 1. The molecule has 0 fully saturated rings. The van der Waals surface area contributed by atoms with Gasteiger partial charge >= 0.3 is 0 Å². The molecule has 0 unspecified atom stereocenters. The second-order valence-corrected chi connectivity index (χ2v) is 4.35. The quantitative estimate of drug-likeness (QED) is 0.761. The predicted molar refractivity (Wildman–Crippen MR) is 70.7 cm³/mol. The standard InChI is InChI=1S/C14H16N2O/c1-9-6-12(4-5-14(9)15)16-10(2)7-13(17)8-11(16)3/h4-8H,15H2,1-3H3. The number of anilines is 1. The molecule has 2 aromatic rings. The van der Waals surface area contributed by atoms with Crippen LogP contribution < -0.4 is 11.2 Å². The Labute approximate surface area is 101 Å². The Bertz CT molecular complexity index is 600. The lowest BCUT2D eigenvalue weighted by Crippen LogP contribution is -2.11. The fourth-order valence-corrected chi connectivity index (χ4v) is 2.07. The van der Waals surface area contributed by atoms with Gasteiger partial charge in [0.15, 0.2) is 5.43 Å². The minimum absolute atomic E-state index is 0.0448. The van der Waals surface area contributed by atoms with Crippen LogP contribution in [0.2, 0.25) is 0 Å². The maximum absolute atomic E-state index is 11.4. The summed E-state index contributed by atoms with van der Waals surface area (Å²) in [7, 11) is 0. The van der Waals surface area contributed by atoms with Crippen LogP contribution in [0.5, 0.6) is 0 Å². The molecule has 0 radical (unpaired) electrons. The molecule has 2 N–H and O–H groups in total. The van der Waals surface area contributed by atoms with Crippen LogP contribution in [-0.2, 0) is 0 Å². The van der Waals surface area contributed by atoms with E-state index in [0.717, 1.165) is 28.3 Å². The number of hydrogen-bond donors (Lipinski definition) is 1. The molecule has 0 aliphatic carbocycles. The lowest BCUT2D eigenvalue weighted by Gasteiger charge is -2.15. The average Bonchev–Trinajstić information content (AvgIpc) is 2.21. The molecule has 0 saturated carbocycles. The van der Waals surface area contributed by atoms with Gasteiger partial charge < -0.3 is 10.3 Å². The highest BCUT2D eigenvalue weighted by Gasteiger charge is 2.05. The number of hydrogen-bond acceptors (Lipinski definition) is 2. The van der Waals surface area contributed by atoms with E-state index in [4.69, 9.17) is 5.73 Å². The first-order chi connectivity index (χ1) is 7.99. The van der Waals surface area contributed by atoms with Crippen LogP contribution in [0.3, 0.4) is 0 Å². The lowest BCUT2D eigenvalue weighted by atomic mass is 10.1. The Hall–Kier alpha value is -2.03. The van der Waals surface area contributed by atoms with Gasteiger partial charge in [-0.05, 0) is 44.5 Å². The first-order valence-electron chi connectivity index (χ1n) is 5.56. The number of aromatic nitrogens is 1. The third-order valence-electron chi connectivity index (χ3n) is 2.92. The van der Waals surface area contributed by atoms with Gasteiger partial charge in [0.1, 0.15) is 0 Å². The molecule has 17 heavy (non-hydrogen) atoms. The van der Waals surface area contributed by atoms with Crippen molar-refractivity contribution in [3.8, 4) is 5.69 Å². The smallest absolute Gasteiger partial charge is 0.182 e. The summed E-state index contributed by atoms with van der Waals surface area (Å²) in [5.41, 5.74) is 10.6. The second kappa shape index (κ2) is 4.09. The molecule has 3 nitrogen and oxygen atoms in total. The van der Waals surface area contributed by atoms with Crippen LogP contribution in [-0.4, -0.2) is 4.57 Å². The summed E-state index contributed by atoms with van der Waals surface area (Å²) in [5, 5.41) is 0. The van der Waals surface area contributed by atoms with Crippen LogP contribution in [0.25, 0.3) is 5.69 Å².